The predicted molar refractivity (Wildman–Crippen MR) is 70.2 cm³/mol. The number of nitrogens with one attached hydrogen (secondary N) is 3. The second-order valence-corrected chi connectivity index (χ2v) is 4.83. The molecule has 5 nitrogen and oxygen atoms in total. The fraction of sp³-hybridized carbons (Fsp3) is 0.385. The van der Waals surface area contributed by atoms with Gasteiger partial charge in [0.2, 0.25) is 11.9 Å². The van der Waals surface area contributed by atoms with E-state index in [2.05, 4.69) is 27.5 Å². The normalized spacial score (nSPS) is 23.4. The van der Waals surface area contributed by atoms with Crippen LogP contribution in [0.1, 0.15) is 6.92 Å². The highest BCUT2D eigenvalue weighted by Gasteiger charge is 2.29. The van der Waals surface area contributed by atoms with Gasteiger partial charge in [0.25, 0.3) is 0 Å². The van der Waals surface area contributed by atoms with Gasteiger partial charge in [-0.15, -0.1) is 0 Å². The van der Waals surface area contributed by atoms with Gasteiger partial charge in [-0.05, 0) is 24.6 Å². The lowest BCUT2D eigenvalue weighted by Gasteiger charge is -2.12. The lowest BCUT2D eigenvalue weighted by Crippen LogP contribution is -2.28. The van der Waals surface area contributed by atoms with E-state index in [0.717, 1.165) is 24.1 Å². The number of anilines is 1. The van der Waals surface area contributed by atoms with Gasteiger partial charge in [-0.25, -0.2) is 4.98 Å². The Bertz CT molecular complexity index is 544. The molecule has 1 fully saturated rings. The minimum Gasteiger partial charge on any atom is -0.324 e. The summed E-state index contributed by atoms with van der Waals surface area (Å²) < 4.78 is 0. The molecule has 1 aromatic heterocycles. The third-order valence-corrected chi connectivity index (χ3v) is 3.49. The van der Waals surface area contributed by atoms with Crippen LogP contribution in [0.15, 0.2) is 24.3 Å². The Hall–Kier alpha value is -1.88. The number of fused-ring (bicyclic) bond motifs is 1. The molecule has 5 heteroatoms. The number of carbonyl (C=O) groups excluding carboxylic acids is 1. The molecule has 1 amide bonds. The summed E-state index contributed by atoms with van der Waals surface area (Å²) in [6, 6.07) is 7.73. The van der Waals surface area contributed by atoms with Gasteiger partial charge in [-0.2, -0.15) is 0 Å². The zero-order valence-electron chi connectivity index (χ0n) is 10.2. The lowest BCUT2D eigenvalue weighted by molar-refractivity contribution is -0.120. The third kappa shape index (κ3) is 1.97. The van der Waals surface area contributed by atoms with Crippen LogP contribution in [0.4, 0.5) is 5.95 Å². The summed E-state index contributed by atoms with van der Waals surface area (Å²) in [5.41, 5.74) is 1.80. The Labute approximate surface area is 105 Å². The Balaban J connectivity index is 1.77. The van der Waals surface area contributed by atoms with Crippen molar-refractivity contribution in [1.29, 1.82) is 0 Å². The molecular weight excluding hydrogens is 228 g/mol. The largest absolute Gasteiger partial charge is 0.324 e. The van der Waals surface area contributed by atoms with Crippen LogP contribution in [-0.2, 0) is 4.79 Å². The molecule has 1 saturated heterocycles. The summed E-state index contributed by atoms with van der Waals surface area (Å²) in [6.45, 7) is 3.73. The molecule has 0 aliphatic carbocycles. The standard InChI is InChI=1S/C13H16N4O/c1-8-6-14-7-9(8)12(18)17-13-15-10-4-2-3-5-11(10)16-13/h2-5,8-9,14H,6-7H2,1H3,(H2,15,16,17,18)/t8-,9-/m1/s1. The zero-order valence-corrected chi connectivity index (χ0v) is 10.2. The van der Waals surface area contributed by atoms with Gasteiger partial charge in [0.05, 0.1) is 17.0 Å². The van der Waals surface area contributed by atoms with E-state index >= 15 is 0 Å². The monoisotopic (exact) mass is 244 g/mol. The number of nitrogens with zero attached hydrogens (tertiary/aromatic N) is 1. The molecule has 0 spiro atoms. The summed E-state index contributed by atoms with van der Waals surface area (Å²) in [5.74, 6) is 0.958. The van der Waals surface area contributed by atoms with E-state index in [-0.39, 0.29) is 11.8 Å². The van der Waals surface area contributed by atoms with Gasteiger partial charge in [0.15, 0.2) is 0 Å². The van der Waals surface area contributed by atoms with Crippen LogP contribution < -0.4 is 10.6 Å². The van der Waals surface area contributed by atoms with Crippen molar-refractivity contribution >= 4 is 22.9 Å². The molecule has 3 N–H and O–H groups in total. The minimum absolute atomic E-state index is 0.0261. The first kappa shape index (κ1) is 11.2. The van der Waals surface area contributed by atoms with Crippen LogP contribution in [0, 0.1) is 11.8 Å². The molecule has 3 rings (SSSR count). The van der Waals surface area contributed by atoms with Crippen LogP contribution >= 0.6 is 0 Å². The van der Waals surface area contributed by atoms with Gasteiger partial charge < -0.3 is 10.3 Å². The summed E-state index contributed by atoms with van der Waals surface area (Å²) in [4.78, 5) is 19.5. The molecule has 2 aromatic rings. The maximum Gasteiger partial charge on any atom is 0.231 e. The summed E-state index contributed by atoms with van der Waals surface area (Å²) in [7, 11) is 0. The van der Waals surface area contributed by atoms with Crippen molar-refractivity contribution in [3.63, 3.8) is 0 Å². The number of hydrogen-bond acceptors (Lipinski definition) is 3. The van der Waals surface area contributed by atoms with Crippen molar-refractivity contribution in [2.24, 2.45) is 11.8 Å². The fourth-order valence-electron chi connectivity index (χ4n) is 2.38. The second-order valence-electron chi connectivity index (χ2n) is 4.83. The molecule has 2 heterocycles. The Morgan fingerprint density at radius 1 is 1.39 bits per heavy atom. The van der Waals surface area contributed by atoms with Crippen LogP contribution in [0.25, 0.3) is 11.0 Å². The predicted octanol–water partition coefficient (Wildman–Crippen LogP) is 1.36. The zero-order chi connectivity index (χ0) is 12.5. The molecule has 2 atom stereocenters. The third-order valence-electron chi connectivity index (χ3n) is 3.49. The van der Waals surface area contributed by atoms with Gasteiger partial charge >= 0.3 is 0 Å². The van der Waals surface area contributed by atoms with Crippen LogP contribution in [0.3, 0.4) is 0 Å². The average molecular weight is 244 g/mol. The van der Waals surface area contributed by atoms with Gasteiger partial charge in [-0.3, -0.25) is 10.1 Å². The highest BCUT2D eigenvalue weighted by Crippen LogP contribution is 2.19. The number of aromatic nitrogens is 2. The molecule has 1 aliphatic rings. The van der Waals surface area contributed by atoms with Crippen LogP contribution in [0.2, 0.25) is 0 Å². The van der Waals surface area contributed by atoms with E-state index in [9.17, 15) is 4.79 Å². The molecule has 0 bridgehead atoms. The number of imidazole rings is 1. The van der Waals surface area contributed by atoms with Crippen molar-refractivity contribution in [3.05, 3.63) is 24.3 Å². The van der Waals surface area contributed by atoms with Crippen molar-refractivity contribution in [1.82, 2.24) is 15.3 Å². The number of H-pyrrole nitrogens is 1. The molecule has 0 radical (unpaired) electrons. The molecule has 94 valence electrons. The maximum atomic E-state index is 12.1. The fourth-order valence-corrected chi connectivity index (χ4v) is 2.38. The topological polar surface area (TPSA) is 69.8 Å². The first-order valence-electron chi connectivity index (χ1n) is 6.20. The summed E-state index contributed by atoms with van der Waals surface area (Å²) in [6.07, 6.45) is 0. The van der Waals surface area contributed by atoms with E-state index < -0.39 is 0 Å². The van der Waals surface area contributed by atoms with E-state index in [1.54, 1.807) is 0 Å². The quantitative estimate of drug-likeness (QED) is 0.747. The van der Waals surface area contributed by atoms with E-state index in [1.807, 2.05) is 24.3 Å². The van der Waals surface area contributed by atoms with Crippen molar-refractivity contribution in [2.45, 2.75) is 6.92 Å². The first-order valence-corrected chi connectivity index (χ1v) is 6.20. The molecule has 1 aliphatic heterocycles. The Kier molecular flexibility index (Phi) is 2.76. The van der Waals surface area contributed by atoms with Crippen molar-refractivity contribution in [3.8, 4) is 0 Å². The number of benzene rings is 1. The molecule has 0 saturated carbocycles. The molecule has 0 unspecified atom stereocenters. The van der Waals surface area contributed by atoms with Gasteiger partial charge in [-0.1, -0.05) is 19.1 Å². The molecule has 1 aromatic carbocycles. The Morgan fingerprint density at radius 3 is 2.94 bits per heavy atom. The number of para-hydroxylation sites is 2. The number of aromatic amines is 1. The molecule has 18 heavy (non-hydrogen) atoms. The number of carbonyl (C=O) groups is 1. The lowest BCUT2D eigenvalue weighted by atomic mass is 9.97. The van der Waals surface area contributed by atoms with Gasteiger partial charge in [0.1, 0.15) is 0 Å². The molecular formula is C13H16N4O. The van der Waals surface area contributed by atoms with Crippen LogP contribution in [0.5, 0.6) is 0 Å². The number of hydrogen-bond donors (Lipinski definition) is 3. The maximum absolute atomic E-state index is 12.1. The SMILES string of the molecule is C[C@@H]1CNC[C@H]1C(=O)Nc1nc2ccccc2[nH]1. The highest BCUT2D eigenvalue weighted by molar-refractivity contribution is 5.93. The summed E-state index contributed by atoms with van der Waals surface area (Å²) in [5, 5.41) is 6.08. The average Bonchev–Trinajstić information content (AvgIpc) is 2.94. The van der Waals surface area contributed by atoms with Crippen LogP contribution in [-0.4, -0.2) is 29.0 Å². The number of amides is 1. The van der Waals surface area contributed by atoms with Crippen molar-refractivity contribution < 1.29 is 4.79 Å². The highest BCUT2D eigenvalue weighted by atomic mass is 16.2. The Morgan fingerprint density at radius 2 is 2.22 bits per heavy atom. The van der Waals surface area contributed by atoms with E-state index in [1.165, 1.54) is 0 Å². The summed E-state index contributed by atoms with van der Waals surface area (Å²) >= 11 is 0. The van der Waals surface area contributed by atoms with E-state index in [4.69, 9.17) is 0 Å². The second kappa shape index (κ2) is 4.42. The van der Waals surface area contributed by atoms with Crippen molar-refractivity contribution in [2.75, 3.05) is 18.4 Å². The first-order chi connectivity index (χ1) is 8.74. The van der Waals surface area contributed by atoms with E-state index in [0.29, 0.717) is 11.9 Å². The minimum atomic E-state index is 0.0261. The number of rotatable bonds is 2. The smallest absolute Gasteiger partial charge is 0.231 e. The van der Waals surface area contributed by atoms with Gasteiger partial charge in [0, 0.05) is 6.54 Å².